The van der Waals surface area contributed by atoms with Gasteiger partial charge in [-0.15, -0.1) is 0 Å². The fourth-order valence-electron chi connectivity index (χ4n) is 2.52. The Labute approximate surface area is 171 Å². The van der Waals surface area contributed by atoms with Crippen molar-refractivity contribution in [2.75, 3.05) is 14.2 Å². The Kier molecular flexibility index (Phi) is 7.98. The van der Waals surface area contributed by atoms with E-state index in [2.05, 4.69) is 20.3 Å². The smallest absolute Gasteiger partial charge is 0.271 e. The number of halogens is 2. The molecule has 2 aromatic rings. The van der Waals surface area contributed by atoms with Crippen molar-refractivity contribution < 1.29 is 28.1 Å². The summed E-state index contributed by atoms with van der Waals surface area (Å²) in [6.45, 7) is 1.46. The average molecular weight is 418 g/mol. The van der Waals surface area contributed by atoms with Gasteiger partial charge < -0.3 is 20.2 Å². The Balaban J connectivity index is 2.27. The van der Waals surface area contributed by atoms with Gasteiger partial charge in [-0.05, 0) is 19.1 Å². The summed E-state index contributed by atoms with van der Waals surface area (Å²) in [5.41, 5.74) is 6.45. The molecule has 0 saturated heterocycles. The van der Waals surface area contributed by atoms with Crippen LogP contribution in [-0.4, -0.2) is 37.3 Å². The number of primary amides is 1. The quantitative estimate of drug-likeness (QED) is 0.499. The first-order chi connectivity index (χ1) is 14.4. The Morgan fingerprint density at radius 2 is 1.63 bits per heavy atom. The van der Waals surface area contributed by atoms with E-state index in [0.717, 1.165) is 12.1 Å². The van der Waals surface area contributed by atoms with Crippen LogP contribution in [0.15, 0.2) is 57.9 Å². The lowest BCUT2D eigenvalue weighted by molar-refractivity contribution is -0.112. The standard InChI is InChI=1S/C20H20F2N4O4/c1-12(18(25-28-2)16-9-8-14(21)10-17(16)22)24-30-11-13-6-4-5-7-15(13)19(20(23)27)26-29-3/h4-10H,11H2,1-3H3,(H2,23,27). The molecule has 0 fully saturated rings. The molecule has 10 heteroatoms. The molecule has 0 heterocycles. The first-order valence-electron chi connectivity index (χ1n) is 8.61. The Hall–Kier alpha value is -3.82. The van der Waals surface area contributed by atoms with Gasteiger partial charge in [0.25, 0.3) is 5.91 Å². The van der Waals surface area contributed by atoms with Crippen molar-refractivity contribution >= 4 is 23.0 Å². The van der Waals surface area contributed by atoms with E-state index in [1.807, 2.05) is 0 Å². The maximum Gasteiger partial charge on any atom is 0.271 e. The molecule has 0 unspecified atom stereocenters. The number of amides is 1. The van der Waals surface area contributed by atoms with Crippen LogP contribution in [0, 0.1) is 11.6 Å². The molecule has 8 nitrogen and oxygen atoms in total. The summed E-state index contributed by atoms with van der Waals surface area (Å²) in [5.74, 6) is -2.32. The highest BCUT2D eigenvalue weighted by Gasteiger charge is 2.17. The molecule has 0 saturated carbocycles. The first kappa shape index (κ1) is 22.5. The maximum atomic E-state index is 14.1. The minimum atomic E-state index is -0.826. The molecule has 2 rings (SSSR count). The summed E-state index contributed by atoms with van der Waals surface area (Å²) in [6, 6.07) is 9.79. The van der Waals surface area contributed by atoms with Gasteiger partial charge in [-0.25, -0.2) is 8.78 Å². The number of nitrogens with zero attached hydrogens (tertiary/aromatic N) is 3. The molecule has 2 N–H and O–H groups in total. The van der Waals surface area contributed by atoms with Crippen molar-refractivity contribution in [2.24, 2.45) is 21.2 Å². The molecule has 0 aliphatic carbocycles. The van der Waals surface area contributed by atoms with Gasteiger partial charge in [0.2, 0.25) is 0 Å². The lowest BCUT2D eigenvalue weighted by Gasteiger charge is -2.10. The second-order valence-corrected chi connectivity index (χ2v) is 5.84. The van der Waals surface area contributed by atoms with E-state index in [4.69, 9.17) is 15.4 Å². The van der Waals surface area contributed by atoms with Crippen molar-refractivity contribution in [1.82, 2.24) is 0 Å². The molecule has 0 bridgehead atoms. The van der Waals surface area contributed by atoms with E-state index < -0.39 is 17.5 Å². The SMILES string of the molecule is CON=C(C(C)=NOCc1ccccc1C(=NOC)C(N)=O)c1ccc(F)cc1F. The van der Waals surface area contributed by atoms with E-state index in [1.54, 1.807) is 24.3 Å². The van der Waals surface area contributed by atoms with Gasteiger partial charge in [0.1, 0.15) is 43.9 Å². The van der Waals surface area contributed by atoms with Crippen LogP contribution in [0.25, 0.3) is 0 Å². The van der Waals surface area contributed by atoms with Crippen molar-refractivity contribution in [2.45, 2.75) is 13.5 Å². The molecular weight excluding hydrogens is 398 g/mol. The third-order valence-corrected chi connectivity index (χ3v) is 3.82. The van der Waals surface area contributed by atoms with Gasteiger partial charge in [0.05, 0.1) is 0 Å². The Morgan fingerprint density at radius 3 is 2.27 bits per heavy atom. The van der Waals surface area contributed by atoms with Crippen molar-refractivity contribution in [3.05, 3.63) is 70.8 Å². The zero-order valence-corrected chi connectivity index (χ0v) is 16.6. The van der Waals surface area contributed by atoms with Crippen LogP contribution in [0.1, 0.15) is 23.6 Å². The average Bonchev–Trinajstić information content (AvgIpc) is 2.71. The van der Waals surface area contributed by atoms with Gasteiger partial charge in [-0.1, -0.05) is 39.7 Å². The highest BCUT2D eigenvalue weighted by Crippen LogP contribution is 2.14. The number of rotatable bonds is 9. The third-order valence-electron chi connectivity index (χ3n) is 3.82. The van der Waals surface area contributed by atoms with Crippen LogP contribution in [-0.2, 0) is 25.9 Å². The van der Waals surface area contributed by atoms with Crippen LogP contribution in [0.4, 0.5) is 8.78 Å². The van der Waals surface area contributed by atoms with Gasteiger partial charge in [0.15, 0.2) is 5.71 Å². The third kappa shape index (κ3) is 5.60. The molecule has 0 atom stereocenters. The van der Waals surface area contributed by atoms with Crippen molar-refractivity contribution in [3.8, 4) is 0 Å². The predicted molar refractivity (Wildman–Crippen MR) is 107 cm³/mol. The lowest BCUT2D eigenvalue weighted by Crippen LogP contribution is -2.25. The van der Waals surface area contributed by atoms with E-state index in [1.165, 1.54) is 27.2 Å². The van der Waals surface area contributed by atoms with Crippen molar-refractivity contribution in [1.29, 1.82) is 0 Å². The van der Waals surface area contributed by atoms with Crippen LogP contribution in [0.5, 0.6) is 0 Å². The number of carbonyl (C=O) groups is 1. The summed E-state index contributed by atoms with van der Waals surface area (Å²) in [6.07, 6.45) is 0. The Morgan fingerprint density at radius 1 is 0.967 bits per heavy atom. The number of benzene rings is 2. The van der Waals surface area contributed by atoms with Crippen LogP contribution in [0.2, 0.25) is 0 Å². The minimum Gasteiger partial charge on any atom is -0.399 e. The van der Waals surface area contributed by atoms with Gasteiger partial charge >= 0.3 is 0 Å². The van der Waals surface area contributed by atoms with Crippen LogP contribution < -0.4 is 5.73 Å². The first-order valence-corrected chi connectivity index (χ1v) is 8.61. The molecule has 0 aliphatic rings. The maximum absolute atomic E-state index is 14.1. The molecular formula is C20H20F2N4O4. The molecule has 0 spiro atoms. The highest BCUT2D eigenvalue weighted by atomic mass is 19.1. The summed E-state index contributed by atoms with van der Waals surface area (Å²) in [5, 5.41) is 11.3. The second-order valence-electron chi connectivity index (χ2n) is 5.84. The van der Waals surface area contributed by atoms with Gasteiger partial charge in [0, 0.05) is 22.8 Å². The Bertz CT molecular complexity index is 1010. The number of carbonyl (C=O) groups excluding carboxylic acids is 1. The molecule has 1 amide bonds. The highest BCUT2D eigenvalue weighted by molar-refractivity contribution is 6.47. The summed E-state index contributed by atoms with van der Waals surface area (Å²) < 4.78 is 27.3. The van der Waals surface area contributed by atoms with E-state index in [0.29, 0.717) is 11.1 Å². The van der Waals surface area contributed by atoms with Gasteiger partial charge in [-0.2, -0.15) is 0 Å². The number of nitrogens with two attached hydrogens (primary N) is 1. The zero-order chi connectivity index (χ0) is 22.1. The molecule has 0 radical (unpaired) electrons. The number of hydrogen-bond acceptors (Lipinski definition) is 7. The van der Waals surface area contributed by atoms with Crippen LogP contribution >= 0.6 is 0 Å². The monoisotopic (exact) mass is 418 g/mol. The topological polar surface area (TPSA) is 108 Å². The zero-order valence-electron chi connectivity index (χ0n) is 16.6. The number of hydrogen-bond donors (Lipinski definition) is 1. The molecule has 2 aromatic carbocycles. The molecule has 30 heavy (non-hydrogen) atoms. The minimum absolute atomic E-state index is 0.00765. The molecule has 0 aromatic heterocycles. The second kappa shape index (κ2) is 10.6. The normalized spacial score (nSPS) is 12.5. The predicted octanol–water partition coefficient (Wildman–Crippen LogP) is 2.74. The van der Waals surface area contributed by atoms with Crippen LogP contribution in [0.3, 0.4) is 0 Å². The summed E-state index contributed by atoms with van der Waals surface area (Å²) >= 11 is 0. The fourth-order valence-corrected chi connectivity index (χ4v) is 2.52. The van der Waals surface area contributed by atoms with E-state index >= 15 is 0 Å². The van der Waals surface area contributed by atoms with E-state index in [9.17, 15) is 13.6 Å². The lowest BCUT2D eigenvalue weighted by atomic mass is 10.0. The van der Waals surface area contributed by atoms with Crippen molar-refractivity contribution in [3.63, 3.8) is 0 Å². The number of oxime groups is 3. The van der Waals surface area contributed by atoms with E-state index in [-0.39, 0.29) is 29.3 Å². The summed E-state index contributed by atoms with van der Waals surface area (Å²) in [4.78, 5) is 26.4. The largest absolute Gasteiger partial charge is 0.399 e. The summed E-state index contributed by atoms with van der Waals surface area (Å²) in [7, 11) is 2.58. The molecule has 158 valence electrons. The molecule has 0 aliphatic heterocycles. The van der Waals surface area contributed by atoms with Gasteiger partial charge in [-0.3, -0.25) is 4.79 Å². The fraction of sp³-hybridized carbons (Fsp3) is 0.200.